The highest BCUT2D eigenvalue weighted by molar-refractivity contribution is 6.30. The van der Waals surface area contributed by atoms with Gasteiger partial charge in [0.15, 0.2) is 0 Å². The number of hydrogen-bond acceptors (Lipinski definition) is 2. The van der Waals surface area contributed by atoms with E-state index in [0.717, 1.165) is 5.56 Å². The summed E-state index contributed by atoms with van der Waals surface area (Å²) in [5.41, 5.74) is 0.840. The van der Waals surface area contributed by atoms with E-state index in [1.165, 1.54) is 0 Å². The maximum Gasteiger partial charge on any atom is 0.126 e. The SMILES string of the molecule is CC(Oc1cccc(Cl)c1)C(O)c1ccccc1. The van der Waals surface area contributed by atoms with E-state index >= 15 is 0 Å². The molecule has 2 rings (SSSR count). The van der Waals surface area contributed by atoms with E-state index in [0.29, 0.717) is 10.8 Å². The minimum absolute atomic E-state index is 0.342. The minimum Gasteiger partial charge on any atom is -0.488 e. The largest absolute Gasteiger partial charge is 0.488 e. The van der Waals surface area contributed by atoms with Gasteiger partial charge < -0.3 is 9.84 Å². The Kier molecular flexibility index (Phi) is 4.24. The van der Waals surface area contributed by atoms with Gasteiger partial charge in [0.25, 0.3) is 0 Å². The summed E-state index contributed by atoms with van der Waals surface area (Å²) in [5.74, 6) is 0.657. The van der Waals surface area contributed by atoms with Gasteiger partial charge in [0.05, 0.1) is 0 Å². The monoisotopic (exact) mass is 262 g/mol. The van der Waals surface area contributed by atoms with Crippen molar-refractivity contribution in [1.29, 1.82) is 0 Å². The van der Waals surface area contributed by atoms with Crippen LogP contribution in [0.3, 0.4) is 0 Å². The molecule has 0 aliphatic heterocycles. The number of benzene rings is 2. The van der Waals surface area contributed by atoms with Crippen LogP contribution in [0.4, 0.5) is 0 Å². The summed E-state index contributed by atoms with van der Waals surface area (Å²) in [5, 5.41) is 10.8. The maximum absolute atomic E-state index is 10.2. The van der Waals surface area contributed by atoms with Crippen molar-refractivity contribution < 1.29 is 9.84 Å². The molecule has 0 heterocycles. The molecule has 0 aromatic heterocycles. The van der Waals surface area contributed by atoms with E-state index < -0.39 is 6.10 Å². The Morgan fingerprint density at radius 3 is 2.44 bits per heavy atom. The third kappa shape index (κ3) is 3.25. The molecule has 3 heteroatoms. The third-order valence-electron chi connectivity index (χ3n) is 2.70. The molecule has 0 spiro atoms. The summed E-state index contributed by atoms with van der Waals surface area (Å²) >= 11 is 5.88. The molecule has 2 nitrogen and oxygen atoms in total. The van der Waals surface area contributed by atoms with Crippen molar-refractivity contribution in [3.8, 4) is 5.75 Å². The Hall–Kier alpha value is -1.51. The van der Waals surface area contributed by atoms with Crippen molar-refractivity contribution in [1.82, 2.24) is 0 Å². The predicted molar refractivity (Wildman–Crippen MR) is 72.9 cm³/mol. The highest BCUT2D eigenvalue weighted by Gasteiger charge is 2.17. The first-order valence-electron chi connectivity index (χ1n) is 5.82. The molecule has 2 aromatic carbocycles. The summed E-state index contributed by atoms with van der Waals surface area (Å²) in [6.07, 6.45) is -1.00. The zero-order valence-electron chi connectivity index (χ0n) is 10.1. The van der Waals surface area contributed by atoms with Crippen LogP contribution in [-0.4, -0.2) is 11.2 Å². The van der Waals surface area contributed by atoms with Crippen LogP contribution in [-0.2, 0) is 0 Å². The summed E-state index contributed by atoms with van der Waals surface area (Å²) in [6.45, 7) is 1.83. The molecule has 0 amide bonds. The van der Waals surface area contributed by atoms with Crippen LogP contribution >= 0.6 is 11.6 Å². The molecule has 0 radical (unpaired) electrons. The number of aliphatic hydroxyl groups excluding tert-OH is 1. The molecule has 2 aromatic rings. The first-order chi connectivity index (χ1) is 8.66. The van der Waals surface area contributed by atoms with E-state index in [9.17, 15) is 5.11 Å². The Balaban J connectivity index is 2.06. The molecule has 0 saturated carbocycles. The quantitative estimate of drug-likeness (QED) is 0.907. The van der Waals surface area contributed by atoms with Gasteiger partial charge in [0, 0.05) is 5.02 Å². The van der Waals surface area contributed by atoms with Gasteiger partial charge in [0.1, 0.15) is 18.0 Å². The van der Waals surface area contributed by atoms with Gasteiger partial charge in [-0.15, -0.1) is 0 Å². The fraction of sp³-hybridized carbons (Fsp3) is 0.200. The van der Waals surface area contributed by atoms with Crippen LogP contribution < -0.4 is 4.74 Å². The van der Waals surface area contributed by atoms with Crippen molar-refractivity contribution in [2.24, 2.45) is 0 Å². The molecule has 0 fully saturated rings. The lowest BCUT2D eigenvalue weighted by Crippen LogP contribution is -2.21. The van der Waals surface area contributed by atoms with Crippen molar-refractivity contribution in [2.75, 3.05) is 0 Å². The van der Waals surface area contributed by atoms with Crippen molar-refractivity contribution in [3.63, 3.8) is 0 Å². The van der Waals surface area contributed by atoms with Gasteiger partial charge in [0.2, 0.25) is 0 Å². The zero-order chi connectivity index (χ0) is 13.0. The Morgan fingerprint density at radius 2 is 1.78 bits per heavy atom. The fourth-order valence-electron chi connectivity index (χ4n) is 1.74. The second kappa shape index (κ2) is 5.89. The fourth-order valence-corrected chi connectivity index (χ4v) is 1.92. The summed E-state index contributed by atoms with van der Waals surface area (Å²) < 4.78 is 5.68. The standard InChI is InChI=1S/C15H15ClO2/c1-11(15(17)12-6-3-2-4-7-12)18-14-9-5-8-13(16)10-14/h2-11,15,17H,1H3. The number of ether oxygens (including phenoxy) is 1. The van der Waals surface area contributed by atoms with E-state index in [2.05, 4.69) is 0 Å². The van der Waals surface area contributed by atoms with E-state index in [1.54, 1.807) is 12.1 Å². The molecule has 0 aliphatic carbocycles. The highest BCUT2D eigenvalue weighted by Crippen LogP contribution is 2.23. The van der Waals surface area contributed by atoms with Gasteiger partial charge in [-0.05, 0) is 30.7 Å². The number of halogens is 1. The van der Waals surface area contributed by atoms with Crippen LogP contribution in [0.25, 0.3) is 0 Å². The van der Waals surface area contributed by atoms with E-state index in [-0.39, 0.29) is 6.10 Å². The molecule has 2 atom stereocenters. The van der Waals surface area contributed by atoms with Crippen LogP contribution in [0.1, 0.15) is 18.6 Å². The second-order valence-corrected chi connectivity index (χ2v) is 4.57. The molecular formula is C15H15ClO2. The van der Waals surface area contributed by atoms with Gasteiger partial charge in [-0.1, -0.05) is 48.0 Å². The lowest BCUT2D eigenvalue weighted by Gasteiger charge is -2.21. The third-order valence-corrected chi connectivity index (χ3v) is 2.94. The molecule has 2 unspecified atom stereocenters. The smallest absolute Gasteiger partial charge is 0.126 e. The molecule has 0 aliphatic rings. The van der Waals surface area contributed by atoms with Gasteiger partial charge in [-0.25, -0.2) is 0 Å². The predicted octanol–water partition coefficient (Wildman–Crippen LogP) is 3.84. The van der Waals surface area contributed by atoms with Crippen LogP contribution in [0, 0.1) is 0 Å². The average molecular weight is 263 g/mol. The first kappa shape index (κ1) is 12.9. The van der Waals surface area contributed by atoms with Crippen molar-refractivity contribution in [2.45, 2.75) is 19.1 Å². The van der Waals surface area contributed by atoms with Crippen LogP contribution in [0.2, 0.25) is 5.02 Å². The maximum atomic E-state index is 10.2. The highest BCUT2D eigenvalue weighted by atomic mass is 35.5. The molecule has 0 bridgehead atoms. The topological polar surface area (TPSA) is 29.5 Å². The number of rotatable bonds is 4. The molecule has 18 heavy (non-hydrogen) atoms. The van der Waals surface area contributed by atoms with E-state index in [1.807, 2.05) is 49.4 Å². The summed E-state index contributed by atoms with van der Waals surface area (Å²) in [6, 6.07) is 16.6. The normalized spacial score (nSPS) is 13.9. The van der Waals surface area contributed by atoms with Gasteiger partial charge >= 0.3 is 0 Å². The molecule has 1 N–H and O–H groups in total. The molecular weight excluding hydrogens is 248 g/mol. The average Bonchev–Trinajstić information content (AvgIpc) is 2.39. The summed E-state index contributed by atoms with van der Waals surface area (Å²) in [4.78, 5) is 0. The first-order valence-corrected chi connectivity index (χ1v) is 6.20. The molecule has 0 saturated heterocycles. The lowest BCUT2D eigenvalue weighted by atomic mass is 10.1. The van der Waals surface area contributed by atoms with Crippen molar-refractivity contribution in [3.05, 3.63) is 65.2 Å². The second-order valence-electron chi connectivity index (χ2n) is 4.14. The van der Waals surface area contributed by atoms with Crippen LogP contribution in [0.5, 0.6) is 5.75 Å². The Morgan fingerprint density at radius 1 is 1.06 bits per heavy atom. The Bertz CT molecular complexity index is 499. The van der Waals surface area contributed by atoms with Crippen molar-refractivity contribution >= 4 is 11.6 Å². The minimum atomic E-state index is -0.662. The number of hydrogen-bond donors (Lipinski definition) is 1. The molecule has 94 valence electrons. The summed E-state index contributed by atoms with van der Waals surface area (Å²) in [7, 11) is 0. The van der Waals surface area contributed by atoms with Gasteiger partial charge in [-0.3, -0.25) is 0 Å². The number of aliphatic hydroxyl groups is 1. The Labute approximate surface area is 112 Å². The van der Waals surface area contributed by atoms with Gasteiger partial charge in [-0.2, -0.15) is 0 Å². The van der Waals surface area contributed by atoms with E-state index in [4.69, 9.17) is 16.3 Å². The lowest BCUT2D eigenvalue weighted by molar-refractivity contribution is 0.0468. The zero-order valence-corrected chi connectivity index (χ0v) is 10.8. The van der Waals surface area contributed by atoms with Crippen LogP contribution in [0.15, 0.2) is 54.6 Å².